The zero-order valence-corrected chi connectivity index (χ0v) is 15.4. The van der Waals surface area contributed by atoms with Crippen molar-refractivity contribution in [1.82, 2.24) is 9.80 Å². The number of fused-ring (bicyclic) bond motifs is 1. The van der Waals surface area contributed by atoms with Crippen LogP contribution >= 0.6 is 0 Å². The summed E-state index contributed by atoms with van der Waals surface area (Å²) in [5, 5.41) is 0. The third kappa shape index (κ3) is 3.64. The number of likely N-dealkylation sites (tertiary alicyclic amines) is 1. The molecule has 0 aromatic heterocycles. The molecule has 0 unspecified atom stereocenters. The molecule has 1 saturated heterocycles. The van der Waals surface area contributed by atoms with Gasteiger partial charge < -0.3 is 4.74 Å². The van der Waals surface area contributed by atoms with Crippen LogP contribution in [0.3, 0.4) is 0 Å². The number of ether oxygens (including phenoxy) is 1. The third-order valence-electron chi connectivity index (χ3n) is 4.41. The number of carbonyl (C=O) groups excluding carboxylic acids is 3. The molecule has 0 saturated carbocycles. The van der Waals surface area contributed by atoms with Gasteiger partial charge in [0.05, 0.1) is 11.1 Å². The molecule has 0 atom stereocenters. The topological polar surface area (TPSA) is 66.9 Å². The number of allylic oxidation sites excluding steroid dienone is 1. The fourth-order valence-electron chi connectivity index (χ4n) is 3.19. The predicted molar refractivity (Wildman–Crippen MR) is 96.7 cm³/mol. The molecule has 1 fully saturated rings. The minimum absolute atomic E-state index is 0.154. The number of piperidine rings is 1. The Kier molecular flexibility index (Phi) is 4.85. The Hall–Kier alpha value is -2.63. The maximum Gasteiger partial charge on any atom is 0.414 e. The summed E-state index contributed by atoms with van der Waals surface area (Å²) in [6, 6.07) is 6.82. The van der Waals surface area contributed by atoms with Crippen LogP contribution in [0.2, 0.25) is 0 Å². The Morgan fingerprint density at radius 1 is 1.12 bits per heavy atom. The Bertz CT molecular complexity index is 741. The number of imide groups is 1. The molecule has 0 spiro atoms. The second-order valence-corrected chi connectivity index (χ2v) is 7.55. The normalized spacial score (nSPS) is 19.1. The van der Waals surface area contributed by atoms with E-state index in [-0.39, 0.29) is 24.5 Å². The van der Waals surface area contributed by atoms with Gasteiger partial charge in [0.2, 0.25) is 0 Å². The van der Waals surface area contributed by atoms with Crippen molar-refractivity contribution in [2.24, 2.45) is 0 Å². The third-order valence-corrected chi connectivity index (χ3v) is 4.41. The van der Waals surface area contributed by atoms with E-state index >= 15 is 0 Å². The van der Waals surface area contributed by atoms with Crippen LogP contribution in [0, 0.1) is 0 Å². The molecule has 6 heteroatoms. The average molecular weight is 356 g/mol. The lowest BCUT2D eigenvalue weighted by molar-refractivity contribution is 0.0285. The van der Waals surface area contributed by atoms with Crippen molar-refractivity contribution in [3.8, 4) is 0 Å². The van der Waals surface area contributed by atoms with Gasteiger partial charge in [-0.1, -0.05) is 12.1 Å². The number of rotatable bonds is 2. The van der Waals surface area contributed by atoms with Crippen LogP contribution < -0.4 is 0 Å². The van der Waals surface area contributed by atoms with Crippen LogP contribution in [0.25, 0.3) is 0 Å². The lowest BCUT2D eigenvalue weighted by Gasteiger charge is -2.32. The molecule has 3 rings (SSSR count). The molecule has 6 nitrogen and oxygen atoms in total. The van der Waals surface area contributed by atoms with Gasteiger partial charge in [-0.3, -0.25) is 19.4 Å². The number of hydrogen-bond donors (Lipinski definition) is 0. The molecule has 26 heavy (non-hydrogen) atoms. The quantitative estimate of drug-likeness (QED) is 0.760. The molecule has 0 bridgehead atoms. The first kappa shape index (κ1) is 18.2. The van der Waals surface area contributed by atoms with Gasteiger partial charge in [-0.15, -0.1) is 0 Å². The molecule has 0 radical (unpaired) electrons. The van der Waals surface area contributed by atoms with Crippen molar-refractivity contribution in [3.05, 3.63) is 47.2 Å². The van der Waals surface area contributed by atoms with Gasteiger partial charge in [-0.25, -0.2) is 4.79 Å². The number of benzene rings is 1. The Labute approximate surface area is 153 Å². The SMILES string of the molecule is CC(C)(C)OC(=O)N1CCCCC1=CCN1C(=O)c2ccccc2C1=O. The summed E-state index contributed by atoms with van der Waals surface area (Å²) in [5.74, 6) is -0.579. The smallest absolute Gasteiger partial charge is 0.414 e. The number of nitrogens with zero attached hydrogens (tertiary/aromatic N) is 2. The van der Waals surface area contributed by atoms with Gasteiger partial charge >= 0.3 is 6.09 Å². The van der Waals surface area contributed by atoms with E-state index in [9.17, 15) is 14.4 Å². The van der Waals surface area contributed by atoms with E-state index in [4.69, 9.17) is 4.74 Å². The first-order valence-corrected chi connectivity index (χ1v) is 8.93. The highest BCUT2D eigenvalue weighted by Gasteiger charge is 2.35. The van der Waals surface area contributed by atoms with E-state index in [0.29, 0.717) is 17.7 Å². The molecule has 3 amide bonds. The monoisotopic (exact) mass is 356 g/mol. The van der Waals surface area contributed by atoms with E-state index in [1.54, 1.807) is 35.2 Å². The van der Waals surface area contributed by atoms with Crippen LogP contribution in [0.1, 0.15) is 60.7 Å². The Balaban J connectivity index is 1.75. The summed E-state index contributed by atoms with van der Waals surface area (Å²) in [4.78, 5) is 40.2. The number of amides is 3. The molecular formula is C20H24N2O4. The summed E-state index contributed by atoms with van der Waals surface area (Å²) < 4.78 is 5.47. The largest absolute Gasteiger partial charge is 0.443 e. The average Bonchev–Trinajstić information content (AvgIpc) is 2.83. The first-order chi connectivity index (χ1) is 12.3. The first-order valence-electron chi connectivity index (χ1n) is 8.93. The molecule has 138 valence electrons. The van der Waals surface area contributed by atoms with Crippen molar-refractivity contribution in [2.45, 2.75) is 45.6 Å². The van der Waals surface area contributed by atoms with E-state index in [1.165, 1.54) is 4.90 Å². The predicted octanol–water partition coefficient (Wildman–Crippen LogP) is 3.59. The zero-order chi connectivity index (χ0) is 18.9. The standard InChI is InChI=1S/C20H24N2O4/c1-20(2,3)26-19(25)21-12-7-6-8-14(21)11-13-22-17(23)15-9-4-5-10-16(15)18(22)24/h4-5,9-11H,6-8,12-13H2,1-3H3. The highest BCUT2D eigenvalue weighted by atomic mass is 16.6. The minimum Gasteiger partial charge on any atom is -0.443 e. The lowest BCUT2D eigenvalue weighted by Crippen LogP contribution is -2.39. The summed E-state index contributed by atoms with van der Waals surface area (Å²) >= 11 is 0. The van der Waals surface area contributed by atoms with Crippen molar-refractivity contribution >= 4 is 17.9 Å². The summed E-state index contributed by atoms with van der Waals surface area (Å²) in [6.45, 7) is 6.23. The van der Waals surface area contributed by atoms with Gasteiger partial charge in [0, 0.05) is 18.8 Å². The van der Waals surface area contributed by atoms with Gasteiger partial charge in [0.15, 0.2) is 0 Å². The summed E-state index contributed by atoms with van der Waals surface area (Å²) in [7, 11) is 0. The van der Waals surface area contributed by atoms with Gasteiger partial charge in [-0.2, -0.15) is 0 Å². The molecule has 2 aliphatic heterocycles. The van der Waals surface area contributed by atoms with Crippen molar-refractivity contribution in [2.75, 3.05) is 13.1 Å². The lowest BCUT2D eigenvalue weighted by atomic mass is 10.1. The Morgan fingerprint density at radius 2 is 1.73 bits per heavy atom. The van der Waals surface area contributed by atoms with E-state index in [1.807, 2.05) is 20.8 Å². The highest BCUT2D eigenvalue weighted by molar-refractivity contribution is 6.21. The van der Waals surface area contributed by atoms with E-state index in [2.05, 4.69) is 0 Å². The maximum atomic E-state index is 12.5. The summed E-state index contributed by atoms with van der Waals surface area (Å²) in [6.07, 6.45) is 4.01. The fraction of sp³-hybridized carbons (Fsp3) is 0.450. The number of hydrogen-bond acceptors (Lipinski definition) is 4. The molecule has 2 heterocycles. The molecule has 1 aromatic rings. The molecular weight excluding hydrogens is 332 g/mol. The second-order valence-electron chi connectivity index (χ2n) is 7.55. The van der Waals surface area contributed by atoms with Gasteiger partial charge in [0.25, 0.3) is 11.8 Å². The van der Waals surface area contributed by atoms with Crippen molar-refractivity contribution in [3.63, 3.8) is 0 Å². The summed E-state index contributed by atoms with van der Waals surface area (Å²) in [5.41, 5.74) is 1.11. The van der Waals surface area contributed by atoms with E-state index in [0.717, 1.165) is 25.0 Å². The van der Waals surface area contributed by atoms with E-state index < -0.39 is 5.60 Å². The van der Waals surface area contributed by atoms with Crippen molar-refractivity contribution in [1.29, 1.82) is 0 Å². The second kappa shape index (κ2) is 6.94. The molecule has 0 N–H and O–H groups in total. The fourth-order valence-corrected chi connectivity index (χ4v) is 3.19. The van der Waals surface area contributed by atoms with Crippen molar-refractivity contribution < 1.29 is 19.1 Å². The van der Waals surface area contributed by atoms with Gasteiger partial charge in [0.1, 0.15) is 5.60 Å². The zero-order valence-electron chi connectivity index (χ0n) is 15.4. The molecule has 2 aliphatic rings. The van der Waals surface area contributed by atoms with Crippen LogP contribution in [0.15, 0.2) is 36.0 Å². The van der Waals surface area contributed by atoms with Crippen LogP contribution in [-0.2, 0) is 4.74 Å². The minimum atomic E-state index is -0.567. The molecule has 0 aliphatic carbocycles. The molecule has 1 aromatic carbocycles. The van der Waals surface area contributed by atoms with Crippen LogP contribution in [0.5, 0.6) is 0 Å². The van der Waals surface area contributed by atoms with Crippen LogP contribution in [-0.4, -0.2) is 46.4 Å². The highest BCUT2D eigenvalue weighted by Crippen LogP contribution is 2.25. The number of carbonyl (C=O) groups is 3. The van der Waals surface area contributed by atoms with Gasteiger partial charge in [-0.05, 0) is 58.2 Å². The van der Waals surface area contributed by atoms with Crippen LogP contribution in [0.4, 0.5) is 4.79 Å². The Morgan fingerprint density at radius 3 is 2.31 bits per heavy atom. The maximum absolute atomic E-state index is 12.5.